The molecule has 1 rings (SSSR count). The van der Waals surface area contributed by atoms with Crippen LogP contribution in [0.5, 0.6) is 0 Å². The van der Waals surface area contributed by atoms with E-state index < -0.39 is 11.7 Å². The molecule has 6 nitrogen and oxygen atoms in total. The third-order valence-corrected chi connectivity index (χ3v) is 2.23. The second kappa shape index (κ2) is 7.30. The van der Waals surface area contributed by atoms with Crippen LogP contribution in [-0.2, 0) is 4.79 Å². The first-order chi connectivity index (χ1) is 9.08. The van der Waals surface area contributed by atoms with Gasteiger partial charge in [-0.25, -0.2) is 9.37 Å². The topological polar surface area (TPSA) is 83.1 Å². The molecule has 0 saturated carbocycles. The number of amides is 2. The maximum atomic E-state index is 13.1. The van der Waals surface area contributed by atoms with Gasteiger partial charge in [-0.15, -0.1) is 0 Å². The molecular formula is C12H17FN4O2. The number of hydrogen-bond acceptors (Lipinski definition) is 4. The van der Waals surface area contributed by atoms with E-state index in [0.29, 0.717) is 13.1 Å². The van der Waals surface area contributed by atoms with Gasteiger partial charge in [-0.1, -0.05) is 0 Å². The smallest absolute Gasteiger partial charge is 0.255 e. The molecular weight excluding hydrogens is 251 g/mol. The third-order valence-electron chi connectivity index (χ3n) is 2.23. The largest absolute Gasteiger partial charge is 0.370 e. The molecule has 0 unspecified atom stereocenters. The molecule has 0 radical (unpaired) electrons. The molecule has 1 aromatic rings. The van der Waals surface area contributed by atoms with Gasteiger partial charge in [0.15, 0.2) is 0 Å². The standard InChI is InChI=1S/C12H17FN4O2/c1-3-14-10(18)7-17-12(19)9-5-8(13)6-16-11(9)15-4-2/h5-6H,3-4,7H2,1-2H3,(H,14,18)(H,15,16)(H,17,19). The zero-order valence-corrected chi connectivity index (χ0v) is 10.9. The average molecular weight is 268 g/mol. The summed E-state index contributed by atoms with van der Waals surface area (Å²) >= 11 is 0. The number of carbonyl (C=O) groups is 2. The number of likely N-dealkylation sites (N-methyl/N-ethyl adjacent to an activating group) is 1. The van der Waals surface area contributed by atoms with Crippen molar-refractivity contribution in [2.24, 2.45) is 0 Å². The highest BCUT2D eigenvalue weighted by Gasteiger charge is 2.14. The summed E-state index contributed by atoms with van der Waals surface area (Å²) in [6.45, 7) is 4.49. The third kappa shape index (κ3) is 4.53. The summed E-state index contributed by atoms with van der Waals surface area (Å²) in [4.78, 5) is 26.9. The van der Waals surface area contributed by atoms with Crippen LogP contribution >= 0.6 is 0 Å². The van der Waals surface area contributed by atoms with E-state index in [4.69, 9.17) is 0 Å². The first-order valence-electron chi connectivity index (χ1n) is 6.02. The molecule has 2 amide bonds. The molecule has 0 fully saturated rings. The van der Waals surface area contributed by atoms with E-state index in [1.807, 2.05) is 6.92 Å². The Balaban J connectivity index is 2.75. The van der Waals surface area contributed by atoms with Gasteiger partial charge in [-0.2, -0.15) is 0 Å². The summed E-state index contributed by atoms with van der Waals surface area (Å²) in [7, 11) is 0. The Morgan fingerprint density at radius 2 is 2.00 bits per heavy atom. The van der Waals surface area contributed by atoms with Crippen molar-refractivity contribution >= 4 is 17.6 Å². The minimum absolute atomic E-state index is 0.0751. The zero-order chi connectivity index (χ0) is 14.3. The van der Waals surface area contributed by atoms with E-state index in [1.165, 1.54) is 0 Å². The molecule has 0 aromatic carbocycles. The highest BCUT2D eigenvalue weighted by molar-refractivity contribution is 6.00. The van der Waals surface area contributed by atoms with Gasteiger partial charge in [-0.05, 0) is 19.9 Å². The van der Waals surface area contributed by atoms with Crippen molar-refractivity contribution in [2.75, 3.05) is 25.0 Å². The number of nitrogens with zero attached hydrogens (tertiary/aromatic N) is 1. The van der Waals surface area contributed by atoms with E-state index in [0.717, 1.165) is 12.3 Å². The fourth-order valence-electron chi connectivity index (χ4n) is 1.44. The highest BCUT2D eigenvalue weighted by atomic mass is 19.1. The van der Waals surface area contributed by atoms with Crippen LogP contribution in [0.4, 0.5) is 10.2 Å². The molecule has 0 aliphatic carbocycles. The lowest BCUT2D eigenvalue weighted by molar-refractivity contribution is -0.120. The Labute approximate surface area is 110 Å². The van der Waals surface area contributed by atoms with E-state index in [-0.39, 0.29) is 23.8 Å². The Morgan fingerprint density at radius 3 is 2.63 bits per heavy atom. The van der Waals surface area contributed by atoms with Crippen LogP contribution in [0.3, 0.4) is 0 Å². The zero-order valence-electron chi connectivity index (χ0n) is 10.9. The summed E-state index contributed by atoms with van der Waals surface area (Å²) in [5.41, 5.74) is 0.0751. The van der Waals surface area contributed by atoms with Gasteiger partial charge in [0.2, 0.25) is 5.91 Å². The second-order valence-corrected chi connectivity index (χ2v) is 3.72. The monoisotopic (exact) mass is 268 g/mol. The van der Waals surface area contributed by atoms with E-state index >= 15 is 0 Å². The Bertz CT molecular complexity index is 465. The fraction of sp³-hybridized carbons (Fsp3) is 0.417. The molecule has 0 spiro atoms. The van der Waals surface area contributed by atoms with Crippen LogP contribution in [-0.4, -0.2) is 36.4 Å². The number of nitrogens with one attached hydrogen (secondary N) is 3. The van der Waals surface area contributed by atoms with E-state index in [1.54, 1.807) is 6.92 Å². The van der Waals surface area contributed by atoms with Gasteiger partial charge in [0.1, 0.15) is 11.6 Å². The van der Waals surface area contributed by atoms with Crippen molar-refractivity contribution in [3.05, 3.63) is 23.6 Å². The molecule has 0 aliphatic heterocycles. The molecule has 19 heavy (non-hydrogen) atoms. The van der Waals surface area contributed by atoms with Crippen LogP contribution in [0, 0.1) is 5.82 Å². The quantitative estimate of drug-likeness (QED) is 0.702. The van der Waals surface area contributed by atoms with E-state index in [2.05, 4.69) is 20.9 Å². The minimum Gasteiger partial charge on any atom is -0.370 e. The molecule has 0 bridgehead atoms. The Hall–Kier alpha value is -2.18. The lowest BCUT2D eigenvalue weighted by Crippen LogP contribution is -2.37. The molecule has 0 saturated heterocycles. The number of pyridine rings is 1. The molecule has 1 heterocycles. The van der Waals surface area contributed by atoms with Gasteiger partial charge in [-0.3, -0.25) is 9.59 Å². The SMILES string of the molecule is CCNC(=O)CNC(=O)c1cc(F)cnc1NCC. The van der Waals surface area contributed by atoms with Crippen molar-refractivity contribution in [3.8, 4) is 0 Å². The minimum atomic E-state index is -0.607. The fourth-order valence-corrected chi connectivity index (χ4v) is 1.44. The lowest BCUT2D eigenvalue weighted by atomic mass is 10.2. The number of anilines is 1. The van der Waals surface area contributed by atoms with Crippen LogP contribution in [0.1, 0.15) is 24.2 Å². The first-order valence-corrected chi connectivity index (χ1v) is 6.02. The summed E-state index contributed by atoms with van der Waals surface area (Å²) in [5, 5.41) is 7.81. The molecule has 1 aromatic heterocycles. The van der Waals surface area contributed by atoms with Crippen LogP contribution in [0.25, 0.3) is 0 Å². The maximum Gasteiger partial charge on any atom is 0.255 e. The lowest BCUT2D eigenvalue weighted by Gasteiger charge is -2.10. The van der Waals surface area contributed by atoms with Crippen molar-refractivity contribution in [3.63, 3.8) is 0 Å². The second-order valence-electron chi connectivity index (χ2n) is 3.72. The number of rotatable bonds is 6. The molecule has 3 N–H and O–H groups in total. The predicted molar refractivity (Wildman–Crippen MR) is 69.4 cm³/mol. The van der Waals surface area contributed by atoms with Crippen molar-refractivity contribution in [1.29, 1.82) is 0 Å². The van der Waals surface area contributed by atoms with Gasteiger partial charge >= 0.3 is 0 Å². The summed E-state index contributed by atoms with van der Waals surface area (Å²) in [6.07, 6.45) is 1.03. The van der Waals surface area contributed by atoms with Crippen LogP contribution in [0.15, 0.2) is 12.3 Å². The number of aromatic nitrogens is 1. The summed E-state index contributed by atoms with van der Waals surface area (Å²) < 4.78 is 13.1. The summed E-state index contributed by atoms with van der Waals surface area (Å²) in [5.74, 6) is -1.17. The number of hydrogen-bond donors (Lipinski definition) is 3. The molecule has 104 valence electrons. The van der Waals surface area contributed by atoms with Gasteiger partial charge in [0.05, 0.1) is 18.3 Å². The first kappa shape index (κ1) is 14.9. The van der Waals surface area contributed by atoms with E-state index in [9.17, 15) is 14.0 Å². The highest BCUT2D eigenvalue weighted by Crippen LogP contribution is 2.13. The number of halogens is 1. The Kier molecular flexibility index (Phi) is 5.72. The summed E-state index contributed by atoms with van der Waals surface area (Å²) in [6, 6.07) is 1.08. The average Bonchev–Trinajstić information content (AvgIpc) is 2.38. The van der Waals surface area contributed by atoms with Gasteiger partial charge in [0, 0.05) is 13.1 Å². The van der Waals surface area contributed by atoms with Crippen molar-refractivity contribution in [1.82, 2.24) is 15.6 Å². The van der Waals surface area contributed by atoms with Gasteiger partial charge in [0.25, 0.3) is 5.91 Å². The maximum absolute atomic E-state index is 13.1. The molecule has 0 aliphatic rings. The van der Waals surface area contributed by atoms with Crippen molar-refractivity contribution < 1.29 is 14.0 Å². The number of carbonyl (C=O) groups excluding carboxylic acids is 2. The van der Waals surface area contributed by atoms with Gasteiger partial charge < -0.3 is 16.0 Å². The normalized spacial score (nSPS) is 9.84. The van der Waals surface area contributed by atoms with Crippen LogP contribution in [0.2, 0.25) is 0 Å². The molecule has 0 atom stereocenters. The molecule has 7 heteroatoms. The predicted octanol–water partition coefficient (Wildman–Crippen LogP) is 0.518. The van der Waals surface area contributed by atoms with Crippen molar-refractivity contribution in [2.45, 2.75) is 13.8 Å². The van der Waals surface area contributed by atoms with Crippen LogP contribution < -0.4 is 16.0 Å². The Morgan fingerprint density at radius 1 is 1.26 bits per heavy atom.